The number of rotatable bonds is 0. The average Bonchev–Trinajstić information content (AvgIpc) is 0. The van der Waals surface area contributed by atoms with Crippen LogP contribution >= 0.6 is 0 Å². The summed E-state index contributed by atoms with van der Waals surface area (Å²) in [5.41, 5.74) is 0. The molecule has 0 bridgehead atoms. The maximum Gasteiger partial charge on any atom is 0.187 e. The second-order valence-corrected chi connectivity index (χ2v) is 0. The summed E-state index contributed by atoms with van der Waals surface area (Å²) in [7, 11) is 0. The summed E-state index contributed by atoms with van der Waals surface area (Å²) < 4.78 is 0. The Labute approximate surface area is 52.3 Å². The summed E-state index contributed by atoms with van der Waals surface area (Å²) in [6.45, 7) is 0. The van der Waals surface area contributed by atoms with Gasteiger partial charge in [-0.2, -0.15) is 0 Å². The van der Waals surface area contributed by atoms with Crippen LogP contribution in [0.25, 0.3) is 0 Å². The molecule has 0 amide bonds. The van der Waals surface area contributed by atoms with Crippen LogP contribution in [0, 0.1) is 0 Å². The summed E-state index contributed by atoms with van der Waals surface area (Å²) in [6.07, 6.45) is 0. The standard InChI is InChI=1S/Al.BH3.F.Ti.3H/h;1H3;;;;;. The fourth-order valence-corrected chi connectivity index (χ4v) is 0. The maximum atomic E-state index is 0. The van der Waals surface area contributed by atoms with Gasteiger partial charge in [0.15, 0.2) is 17.4 Å². The van der Waals surface area contributed by atoms with Crippen molar-refractivity contribution in [3.63, 3.8) is 0 Å². The molecule has 0 rings (SSSR count). The SMILES string of the molecule is B.[AlH3].[F].[Ti]. The van der Waals surface area contributed by atoms with Crippen molar-refractivity contribution >= 4 is 25.8 Å². The van der Waals surface area contributed by atoms with Gasteiger partial charge >= 0.3 is 0 Å². The zero-order valence-electron chi connectivity index (χ0n) is 0.878. The molecule has 0 atom stereocenters. The monoisotopic (exact) mass is 111 g/mol. The largest absolute Gasteiger partial charge is 0.187 e. The molecule has 0 aromatic heterocycles. The van der Waals surface area contributed by atoms with Crippen LogP contribution in [0.2, 0.25) is 0 Å². The third kappa shape index (κ3) is 10.6. The molecular weight excluding hydrogens is 105 g/mol. The van der Waals surface area contributed by atoms with Crippen LogP contribution < -0.4 is 0 Å². The predicted molar refractivity (Wildman–Crippen MR) is 21.0 cm³/mol. The second-order valence-electron chi connectivity index (χ2n) is 0. The Bertz CT molecular complexity index is 8.00. The molecule has 23 valence electrons. The summed E-state index contributed by atoms with van der Waals surface area (Å²) in [4.78, 5) is 0. The van der Waals surface area contributed by atoms with Gasteiger partial charge in [0, 0.05) is 26.4 Å². The van der Waals surface area contributed by atoms with E-state index in [0.29, 0.717) is 0 Å². The number of hydrogen-bond donors (Lipinski definition) is 0. The van der Waals surface area contributed by atoms with Crippen molar-refractivity contribution in [1.29, 1.82) is 0 Å². The molecular formula is H6AlBFTi. The summed E-state index contributed by atoms with van der Waals surface area (Å²) in [6, 6.07) is 0. The molecule has 0 nitrogen and oxygen atoms in total. The van der Waals surface area contributed by atoms with Crippen molar-refractivity contribution in [2.75, 3.05) is 0 Å². The molecule has 0 unspecified atom stereocenters. The molecule has 0 N–H and O–H groups in total. The molecule has 0 fully saturated rings. The average molecular weight is 111 g/mol. The molecule has 4 heteroatoms. The normalized spacial score (nSPS) is 0. The van der Waals surface area contributed by atoms with Gasteiger partial charge in [-0.05, 0) is 0 Å². The van der Waals surface area contributed by atoms with Crippen molar-refractivity contribution in [2.45, 2.75) is 0 Å². The van der Waals surface area contributed by atoms with Gasteiger partial charge < -0.3 is 0 Å². The molecule has 0 heterocycles. The van der Waals surface area contributed by atoms with E-state index in [-0.39, 0.29) is 52.2 Å². The topological polar surface area (TPSA) is 0 Å². The zero-order valence-corrected chi connectivity index (χ0v) is 2.44. The fourth-order valence-electron chi connectivity index (χ4n) is 0. The molecule has 0 aromatic carbocycles. The van der Waals surface area contributed by atoms with Gasteiger partial charge in [-0.1, -0.05) is 0 Å². The van der Waals surface area contributed by atoms with Gasteiger partial charge in [0.2, 0.25) is 0 Å². The Balaban J connectivity index is 0. The Morgan fingerprint density at radius 2 is 1.00 bits per heavy atom. The van der Waals surface area contributed by atoms with Crippen LogP contribution in [0.1, 0.15) is 0 Å². The quantitative estimate of drug-likeness (QED) is 0.318. The molecule has 0 aliphatic carbocycles. The third-order valence-electron chi connectivity index (χ3n) is 0. The molecule has 1 radical (unpaired) electrons. The van der Waals surface area contributed by atoms with Crippen LogP contribution in [0.3, 0.4) is 0 Å². The first-order valence-corrected chi connectivity index (χ1v) is 0. The molecule has 4 heavy (non-hydrogen) atoms. The van der Waals surface area contributed by atoms with E-state index in [1.54, 1.807) is 0 Å². The van der Waals surface area contributed by atoms with E-state index in [4.69, 9.17) is 0 Å². The molecule has 0 aromatic rings. The van der Waals surface area contributed by atoms with E-state index in [0.717, 1.165) is 0 Å². The first-order chi connectivity index (χ1) is 0. The van der Waals surface area contributed by atoms with Crippen molar-refractivity contribution in [1.82, 2.24) is 0 Å². The van der Waals surface area contributed by atoms with Crippen LogP contribution in [0.5, 0.6) is 0 Å². The van der Waals surface area contributed by atoms with Gasteiger partial charge in [-0.3, -0.25) is 0 Å². The Hall–Kier alpha value is 1.24. The van der Waals surface area contributed by atoms with E-state index in [2.05, 4.69) is 0 Å². The van der Waals surface area contributed by atoms with Gasteiger partial charge in [0.1, 0.15) is 0 Å². The molecule has 0 aliphatic rings. The third-order valence-corrected chi connectivity index (χ3v) is 0. The summed E-state index contributed by atoms with van der Waals surface area (Å²) >= 11 is 0. The van der Waals surface area contributed by atoms with Crippen LogP contribution in [0.15, 0.2) is 0 Å². The summed E-state index contributed by atoms with van der Waals surface area (Å²) in [5.74, 6) is 0. The molecule has 0 saturated carbocycles. The van der Waals surface area contributed by atoms with E-state index in [1.807, 2.05) is 0 Å². The predicted octanol–water partition coefficient (Wildman–Crippen LogP) is -1.95. The number of halogens is 1. The van der Waals surface area contributed by atoms with E-state index in [9.17, 15) is 0 Å². The smallest absolute Gasteiger partial charge is 0 e. The minimum Gasteiger partial charge on any atom is 0 e. The first-order valence-electron chi connectivity index (χ1n) is 0. The summed E-state index contributed by atoms with van der Waals surface area (Å²) in [5, 5.41) is 0. The minimum absolute atomic E-state index is 0. The van der Waals surface area contributed by atoms with Crippen LogP contribution in [0.4, 0.5) is 4.70 Å². The van der Waals surface area contributed by atoms with E-state index < -0.39 is 0 Å². The van der Waals surface area contributed by atoms with Gasteiger partial charge in [-0.25, -0.2) is 0 Å². The van der Waals surface area contributed by atoms with Crippen LogP contribution in [-0.2, 0) is 21.7 Å². The maximum absolute atomic E-state index is 0. The Morgan fingerprint density at radius 3 is 1.00 bits per heavy atom. The van der Waals surface area contributed by atoms with Gasteiger partial charge in [0.05, 0.1) is 8.41 Å². The van der Waals surface area contributed by atoms with Gasteiger partial charge in [0.25, 0.3) is 0 Å². The molecule has 0 spiro atoms. The zero-order chi connectivity index (χ0) is 0. The minimum atomic E-state index is 0. The van der Waals surface area contributed by atoms with E-state index >= 15 is 0 Å². The van der Waals surface area contributed by atoms with Crippen molar-refractivity contribution < 1.29 is 26.4 Å². The second kappa shape index (κ2) is 28.9. The van der Waals surface area contributed by atoms with Gasteiger partial charge in [-0.15, -0.1) is 0 Å². The number of hydrogen-bond acceptors (Lipinski definition) is 0. The van der Waals surface area contributed by atoms with Crippen LogP contribution in [-0.4, -0.2) is 25.8 Å². The van der Waals surface area contributed by atoms with Crippen molar-refractivity contribution in [2.24, 2.45) is 0 Å². The first kappa shape index (κ1) is 61.2. The Kier molecular flexibility index (Phi) is 442. The molecule has 0 saturated heterocycles. The van der Waals surface area contributed by atoms with E-state index in [1.165, 1.54) is 0 Å². The fraction of sp³-hybridized carbons (Fsp3) is 0. The molecule has 0 aliphatic heterocycles. The van der Waals surface area contributed by atoms with Crippen molar-refractivity contribution in [3.8, 4) is 0 Å². The van der Waals surface area contributed by atoms with Crippen molar-refractivity contribution in [3.05, 3.63) is 0 Å². The Morgan fingerprint density at radius 1 is 1.00 bits per heavy atom.